The normalized spacial score (nSPS) is 19.6. The summed E-state index contributed by atoms with van der Waals surface area (Å²) in [5.41, 5.74) is 0.554. The van der Waals surface area contributed by atoms with E-state index in [0.29, 0.717) is 13.1 Å². The standard InChI is InChI=1S/C12H18BrN3O2/c1-8-10-9(13)7-14-16(10)6-5-15(8)11(17)18-12(2,3)4/h7-8H,5-6H2,1-4H3/t8-/m0/s1. The zero-order valence-electron chi connectivity index (χ0n) is 11.1. The van der Waals surface area contributed by atoms with Gasteiger partial charge < -0.3 is 4.74 Å². The van der Waals surface area contributed by atoms with Crippen LogP contribution in [0.4, 0.5) is 4.79 Å². The lowest BCUT2D eigenvalue weighted by molar-refractivity contribution is 0.0119. The summed E-state index contributed by atoms with van der Waals surface area (Å²) in [5.74, 6) is 0. The van der Waals surface area contributed by atoms with Crippen LogP contribution in [0.1, 0.15) is 39.4 Å². The maximum Gasteiger partial charge on any atom is 0.410 e. The summed E-state index contributed by atoms with van der Waals surface area (Å²) < 4.78 is 8.28. The van der Waals surface area contributed by atoms with E-state index in [1.54, 1.807) is 11.1 Å². The predicted octanol–water partition coefficient (Wildman–Crippen LogP) is 2.96. The smallest absolute Gasteiger partial charge is 0.410 e. The first-order chi connectivity index (χ1) is 8.29. The van der Waals surface area contributed by atoms with Crippen molar-refractivity contribution in [2.45, 2.75) is 45.9 Å². The van der Waals surface area contributed by atoms with E-state index in [9.17, 15) is 4.79 Å². The molecule has 0 spiro atoms. The Balaban J connectivity index is 2.19. The fourth-order valence-corrected chi connectivity index (χ4v) is 2.71. The van der Waals surface area contributed by atoms with Gasteiger partial charge in [0.05, 0.1) is 29.0 Å². The number of hydrogen-bond acceptors (Lipinski definition) is 3. The SMILES string of the molecule is C[C@H]1c2c(Br)cnn2CCN1C(=O)OC(C)(C)C. The van der Waals surface area contributed by atoms with Crippen LogP contribution in [0.5, 0.6) is 0 Å². The molecule has 0 aliphatic carbocycles. The summed E-state index contributed by atoms with van der Waals surface area (Å²) in [6.45, 7) is 8.93. The van der Waals surface area contributed by atoms with E-state index in [-0.39, 0.29) is 12.1 Å². The van der Waals surface area contributed by atoms with E-state index in [2.05, 4.69) is 21.0 Å². The zero-order chi connectivity index (χ0) is 13.5. The topological polar surface area (TPSA) is 47.4 Å². The number of fused-ring (bicyclic) bond motifs is 1. The molecule has 0 unspecified atom stereocenters. The Kier molecular flexibility index (Phi) is 3.40. The van der Waals surface area contributed by atoms with Gasteiger partial charge in [0.15, 0.2) is 0 Å². The lowest BCUT2D eigenvalue weighted by Crippen LogP contribution is -2.43. The van der Waals surface area contributed by atoms with Gasteiger partial charge in [-0.15, -0.1) is 0 Å². The van der Waals surface area contributed by atoms with E-state index in [1.165, 1.54) is 0 Å². The van der Waals surface area contributed by atoms with Crippen LogP contribution in [-0.4, -0.2) is 32.9 Å². The molecule has 5 nitrogen and oxygen atoms in total. The molecule has 2 rings (SSSR count). The van der Waals surface area contributed by atoms with Gasteiger partial charge in [0.2, 0.25) is 0 Å². The maximum atomic E-state index is 12.1. The molecule has 18 heavy (non-hydrogen) atoms. The number of carbonyl (C=O) groups is 1. The number of halogens is 1. The molecule has 2 heterocycles. The van der Waals surface area contributed by atoms with E-state index < -0.39 is 5.60 Å². The molecule has 6 heteroatoms. The molecule has 1 aromatic heterocycles. The van der Waals surface area contributed by atoms with Crippen molar-refractivity contribution in [1.82, 2.24) is 14.7 Å². The first-order valence-electron chi connectivity index (χ1n) is 6.00. The molecule has 100 valence electrons. The number of rotatable bonds is 0. The molecule has 0 N–H and O–H groups in total. The van der Waals surface area contributed by atoms with Gasteiger partial charge in [-0.3, -0.25) is 9.58 Å². The summed E-state index contributed by atoms with van der Waals surface area (Å²) in [7, 11) is 0. The molecule has 0 fully saturated rings. The Morgan fingerprint density at radius 2 is 2.17 bits per heavy atom. The summed E-state index contributed by atoms with van der Waals surface area (Å²) >= 11 is 3.47. The third kappa shape index (κ3) is 2.53. The monoisotopic (exact) mass is 315 g/mol. The van der Waals surface area contributed by atoms with Crippen molar-refractivity contribution < 1.29 is 9.53 Å². The van der Waals surface area contributed by atoms with Crippen LogP contribution >= 0.6 is 15.9 Å². The number of ether oxygens (including phenoxy) is 1. The molecule has 1 aliphatic rings. The molecular formula is C12H18BrN3O2. The number of carbonyl (C=O) groups excluding carboxylic acids is 1. The van der Waals surface area contributed by atoms with Crippen molar-refractivity contribution in [1.29, 1.82) is 0 Å². The molecule has 1 atom stereocenters. The second-order valence-electron chi connectivity index (χ2n) is 5.45. The van der Waals surface area contributed by atoms with Crippen molar-refractivity contribution in [2.24, 2.45) is 0 Å². The van der Waals surface area contributed by atoms with Gasteiger partial charge in [-0.25, -0.2) is 4.79 Å². The van der Waals surface area contributed by atoms with Gasteiger partial charge in [-0.05, 0) is 43.6 Å². The number of nitrogens with zero attached hydrogens (tertiary/aromatic N) is 3. The highest BCUT2D eigenvalue weighted by Gasteiger charge is 2.32. The average molecular weight is 316 g/mol. The fraction of sp³-hybridized carbons (Fsp3) is 0.667. The van der Waals surface area contributed by atoms with Crippen LogP contribution < -0.4 is 0 Å². The Morgan fingerprint density at radius 1 is 1.50 bits per heavy atom. The molecule has 0 bridgehead atoms. The minimum atomic E-state index is -0.467. The third-order valence-corrected chi connectivity index (χ3v) is 3.49. The fourth-order valence-electron chi connectivity index (χ4n) is 2.08. The minimum absolute atomic E-state index is 0.0366. The Bertz CT molecular complexity index is 464. The summed E-state index contributed by atoms with van der Waals surface area (Å²) in [4.78, 5) is 13.9. The van der Waals surface area contributed by atoms with Crippen molar-refractivity contribution in [3.8, 4) is 0 Å². The third-order valence-electron chi connectivity index (χ3n) is 2.88. The second-order valence-corrected chi connectivity index (χ2v) is 6.30. The van der Waals surface area contributed by atoms with Gasteiger partial charge in [-0.2, -0.15) is 5.10 Å². The lowest BCUT2D eigenvalue weighted by Gasteiger charge is -2.35. The molecule has 0 saturated heterocycles. The number of hydrogen-bond donors (Lipinski definition) is 0. The maximum absolute atomic E-state index is 12.1. The van der Waals surface area contributed by atoms with Crippen LogP contribution in [0, 0.1) is 0 Å². The molecular weight excluding hydrogens is 298 g/mol. The van der Waals surface area contributed by atoms with Crippen molar-refractivity contribution in [2.75, 3.05) is 6.54 Å². The van der Waals surface area contributed by atoms with E-state index in [1.807, 2.05) is 32.4 Å². The zero-order valence-corrected chi connectivity index (χ0v) is 12.7. The molecule has 0 saturated carbocycles. The lowest BCUT2D eigenvalue weighted by atomic mass is 10.1. The molecule has 0 radical (unpaired) electrons. The quantitative estimate of drug-likeness (QED) is 0.739. The number of amides is 1. The van der Waals surface area contributed by atoms with Gasteiger partial charge >= 0.3 is 6.09 Å². The van der Waals surface area contributed by atoms with E-state index >= 15 is 0 Å². The van der Waals surface area contributed by atoms with Crippen molar-refractivity contribution >= 4 is 22.0 Å². The van der Waals surface area contributed by atoms with Crippen LogP contribution in [0.3, 0.4) is 0 Å². The highest BCUT2D eigenvalue weighted by atomic mass is 79.9. The summed E-state index contributed by atoms with van der Waals surface area (Å²) in [5, 5.41) is 4.27. The van der Waals surface area contributed by atoms with Gasteiger partial charge in [0.1, 0.15) is 5.60 Å². The van der Waals surface area contributed by atoms with Crippen LogP contribution in [0.15, 0.2) is 10.7 Å². The average Bonchev–Trinajstić information content (AvgIpc) is 2.58. The van der Waals surface area contributed by atoms with E-state index in [0.717, 1.165) is 10.2 Å². The second kappa shape index (κ2) is 4.57. The molecule has 1 aromatic rings. The van der Waals surface area contributed by atoms with Crippen LogP contribution in [-0.2, 0) is 11.3 Å². The highest BCUT2D eigenvalue weighted by molar-refractivity contribution is 9.10. The van der Waals surface area contributed by atoms with Gasteiger partial charge in [0.25, 0.3) is 0 Å². The van der Waals surface area contributed by atoms with Gasteiger partial charge in [0, 0.05) is 6.54 Å². The first kappa shape index (κ1) is 13.4. The first-order valence-corrected chi connectivity index (χ1v) is 6.80. The van der Waals surface area contributed by atoms with Crippen LogP contribution in [0.2, 0.25) is 0 Å². The molecule has 0 aromatic carbocycles. The molecule has 1 aliphatic heterocycles. The Hall–Kier alpha value is -1.04. The van der Waals surface area contributed by atoms with Gasteiger partial charge in [-0.1, -0.05) is 0 Å². The van der Waals surface area contributed by atoms with E-state index in [4.69, 9.17) is 4.74 Å². The summed E-state index contributed by atoms with van der Waals surface area (Å²) in [6.07, 6.45) is 1.50. The molecule has 1 amide bonds. The van der Waals surface area contributed by atoms with Crippen molar-refractivity contribution in [3.05, 3.63) is 16.4 Å². The largest absolute Gasteiger partial charge is 0.444 e. The van der Waals surface area contributed by atoms with Crippen LogP contribution in [0.25, 0.3) is 0 Å². The minimum Gasteiger partial charge on any atom is -0.444 e. The van der Waals surface area contributed by atoms with Crippen molar-refractivity contribution in [3.63, 3.8) is 0 Å². The number of aromatic nitrogens is 2. The summed E-state index contributed by atoms with van der Waals surface area (Å²) in [6, 6.07) is -0.0366. The highest BCUT2D eigenvalue weighted by Crippen LogP contribution is 2.31. The Morgan fingerprint density at radius 3 is 2.78 bits per heavy atom. The predicted molar refractivity (Wildman–Crippen MR) is 71.3 cm³/mol. The Labute approximate surface area is 115 Å².